The number of amides is 1. The van der Waals surface area contributed by atoms with Crippen molar-refractivity contribution in [2.75, 3.05) is 13.1 Å². The molecule has 1 fully saturated rings. The third kappa shape index (κ3) is 1.06. The van der Waals surface area contributed by atoms with Gasteiger partial charge < -0.3 is 0 Å². The zero-order valence-electron chi connectivity index (χ0n) is 7.75. The molecule has 1 aromatic rings. The molecule has 1 amide bonds. The molecule has 6 heteroatoms. The molecule has 0 unspecified atom stereocenters. The van der Waals surface area contributed by atoms with Crippen molar-refractivity contribution in [3.63, 3.8) is 0 Å². The van der Waals surface area contributed by atoms with Crippen LogP contribution in [0.15, 0.2) is 29.2 Å². The van der Waals surface area contributed by atoms with Gasteiger partial charge >= 0.3 is 0 Å². The van der Waals surface area contributed by atoms with Gasteiger partial charge in [-0.05, 0) is 12.1 Å². The first-order chi connectivity index (χ1) is 7.12. The van der Waals surface area contributed by atoms with E-state index in [0.717, 1.165) is 4.41 Å². The minimum atomic E-state index is -3.62. The lowest BCUT2D eigenvalue weighted by Gasteiger charge is -2.14. The first-order valence-corrected chi connectivity index (χ1v) is 6.00. The highest BCUT2D eigenvalue weighted by atomic mass is 32.2. The summed E-state index contributed by atoms with van der Waals surface area (Å²) in [4.78, 5) is 11.9. The van der Waals surface area contributed by atoms with Gasteiger partial charge in [-0.25, -0.2) is 5.01 Å². The normalized spacial score (nSPS) is 22.9. The largest absolute Gasteiger partial charge is 0.284 e. The second-order valence-electron chi connectivity index (χ2n) is 3.50. The molecule has 0 N–H and O–H groups in total. The molecule has 1 aromatic carbocycles. The van der Waals surface area contributed by atoms with Crippen molar-refractivity contribution in [3.8, 4) is 0 Å². The first kappa shape index (κ1) is 8.87. The van der Waals surface area contributed by atoms with Crippen LogP contribution in [0, 0.1) is 0 Å². The van der Waals surface area contributed by atoms with E-state index in [1.807, 2.05) is 0 Å². The van der Waals surface area contributed by atoms with Crippen LogP contribution in [-0.2, 0) is 10.0 Å². The van der Waals surface area contributed by atoms with Crippen LogP contribution in [0.4, 0.5) is 0 Å². The van der Waals surface area contributed by atoms with Crippen molar-refractivity contribution in [2.24, 2.45) is 0 Å². The van der Waals surface area contributed by atoms with Gasteiger partial charge in [0.05, 0.1) is 5.56 Å². The molecule has 5 nitrogen and oxygen atoms in total. The van der Waals surface area contributed by atoms with Crippen molar-refractivity contribution < 1.29 is 13.2 Å². The highest BCUT2D eigenvalue weighted by Gasteiger charge is 2.47. The van der Waals surface area contributed by atoms with E-state index in [-0.39, 0.29) is 10.5 Å². The number of fused-ring (bicyclic) bond motifs is 1. The Morgan fingerprint density at radius 3 is 2.40 bits per heavy atom. The number of carbonyl (C=O) groups is 1. The van der Waals surface area contributed by atoms with Gasteiger partial charge in [-0.15, -0.1) is 0 Å². The fourth-order valence-electron chi connectivity index (χ4n) is 1.68. The Morgan fingerprint density at radius 2 is 1.80 bits per heavy atom. The summed E-state index contributed by atoms with van der Waals surface area (Å²) in [5.74, 6) is -0.442. The number of benzene rings is 1. The number of carbonyl (C=O) groups excluding carboxylic acids is 1. The predicted molar refractivity (Wildman–Crippen MR) is 51.4 cm³/mol. The molecule has 2 aliphatic rings. The average Bonchev–Trinajstić information content (AvgIpc) is 2.99. The number of nitrogens with zero attached hydrogens (tertiary/aromatic N) is 2. The predicted octanol–water partition coefficient (Wildman–Crippen LogP) is 0.0617. The summed E-state index contributed by atoms with van der Waals surface area (Å²) in [5.41, 5.74) is 0.268. The summed E-state index contributed by atoms with van der Waals surface area (Å²) in [6.45, 7) is 1.25. The smallest absolute Gasteiger partial charge is 0.266 e. The van der Waals surface area contributed by atoms with Gasteiger partial charge in [0.1, 0.15) is 4.90 Å². The number of rotatable bonds is 1. The van der Waals surface area contributed by atoms with E-state index in [2.05, 4.69) is 0 Å². The lowest BCUT2D eigenvalue weighted by atomic mass is 10.2. The molecule has 0 saturated carbocycles. The fourth-order valence-corrected chi connectivity index (χ4v) is 3.33. The summed E-state index contributed by atoms with van der Waals surface area (Å²) in [6.07, 6.45) is 0. The van der Waals surface area contributed by atoms with Gasteiger partial charge in [-0.3, -0.25) is 4.79 Å². The van der Waals surface area contributed by atoms with Crippen LogP contribution >= 0.6 is 0 Å². The Bertz CT molecular complexity index is 548. The molecule has 2 heterocycles. The lowest BCUT2D eigenvalue weighted by molar-refractivity contribution is 0.0724. The molecule has 0 aliphatic carbocycles. The Labute approximate surface area is 86.9 Å². The molecule has 78 valence electrons. The average molecular weight is 224 g/mol. The van der Waals surface area contributed by atoms with Crippen LogP contribution in [0.25, 0.3) is 0 Å². The fraction of sp³-hybridized carbons (Fsp3) is 0.222. The van der Waals surface area contributed by atoms with Gasteiger partial charge in [-0.2, -0.15) is 12.8 Å². The summed E-state index contributed by atoms with van der Waals surface area (Å²) in [5, 5.41) is 1.51. The molecule has 0 radical (unpaired) electrons. The van der Waals surface area contributed by atoms with E-state index in [1.54, 1.807) is 18.2 Å². The Balaban J connectivity index is 2.25. The van der Waals surface area contributed by atoms with Gasteiger partial charge in [0.15, 0.2) is 0 Å². The maximum atomic E-state index is 11.9. The van der Waals surface area contributed by atoms with Crippen molar-refractivity contribution in [3.05, 3.63) is 29.8 Å². The topological polar surface area (TPSA) is 57.5 Å². The molecule has 0 atom stereocenters. The monoisotopic (exact) mass is 224 g/mol. The van der Waals surface area contributed by atoms with Crippen molar-refractivity contribution in [2.45, 2.75) is 4.90 Å². The van der Waals surface area contributed by atoms with E-state index < -0.39 is 15.9 Å². The van der Waals surface area contributed by atoms with Crippen LogP contribution in [-0.4, -0.2) is 36.8 Å². The SMILES string of the molecule is O=C1c2ccccc2S(=O)(=O)N1N1CC1. The molecule has 1 saturated heterocycles. The van der Waals surface area contributed by atoms with E-state index in [1.165, 1.54) is 11.1 Å². The second kappa shape index (κ2) is 2.59. The van der Waals surface area contributed by atoms with Crippen LogP contribution in [0.3, 0.4) is 0 Å². The summed E-state index contributed by atoms with van der Waals surface area (Å²) < 4.78 is 24.8. The molecule has 2 aliphatic heterocycles. The number of hydrogen-bond donors (Lipinski definition) is 0. The van der Waals surface area contributed by atoms with Crippen molar-refractivity contribution >= 4 is 15.9 Å². The zero-order valence-corrected chi connectivity index (χ0v) is 8.57. The third-order valence-electron chi connectivity index (χ3n) is 2.48. The van der Waals surface area contributed by atoms with Gasteiger partial charge in [-0.1, -0.05) is 12.1 Å². The van der Waals surface area contributed by atoms with Gasteiger partial charge in [0.25, 0.3) is 15.9 Å². The lowest BCUT2D eigenvalue weighted by Crippen LogP contribution is -2.35. The van der Waals surface area contributed by atoms with Crippen LogP contribution in [0.5, 0.6) is 0 Å². The first-order valence-electron chi connectivity index (χ1n) is 4.56. The molecule has 0 bridgehead atoms. The van der Waals surface area contributed by atoms with Gasteiger partial charge in [0.2, 0.25) is 0 Å². The number of hydrazine groups is 1. The van der Waals surface area contributed by atoms with E-state index in [9.17, 15) is 13.2 Å². The van der Waals surface area contributed by atoms with Crippen LogP contribution in [0.2, 0.25) is 0 Å². The maximum Gasteiger partial charge on any atom is 0.284 e. The molecular weight excluding hydrogens is 216 g/mol. The Hall–Kier alpha value is -1.40. The second-order valence-corrected chi connectivity index (χ2v) is 5.24. The summed E-state index contributed by atoms with van der Waals surface area (Å²) in [6, 6.07) is 6.29. The molecule has 0 spiro atoms. The highest BCUT2D eigenvalue weighted by molar-refractivity contribution is 7.90. The summed E-state index contributed by atoms with van der Waals surface area (Å²) in [7, 11) is -3.62. The number of hydrogen-bond acceptors (Lipinski definition) is 4. The van der Waals surface area contributed by atoms with Crippen LogP contribution < -0.4 is 0 Å². The van der Waals surface area contributed by atoms with E-state index in [0.29, 0.717) is 13.1 Å². The van der Waals surface area contributed by atoms with E-state index in [4.69, 9.17) is 0 Å². The minimum absolute atomic E-state index is 0.113. The molecule has 3 rings (SSSR count). The zero-order chi connectivity index (χ0) is 10.6. The molecule has 15 heavy (non-hydrogen) atoms. The number of sulfonamides is 1. The standard InChI is InChI=1S/C9H8N2O3S/c12-9-7-3-1-2-4-8(7)15(13,14)11(9)10-5-6-10/h1-4H,5-6H2. The van der Waals surface area contributed by atoms with Crippen LogP contribution in [0.1, 0.15) is 10.4 Å². The van der Waals surface area contributed by atoms with Crippen molar-refractivity contribution in [1.82, 2.24) is 9.42 Å². The Kier molecular flexibility index (Phi) is 1.53. The quantitative estimate of drug-likeness (QED) is 0.633. The van der Waals surface area contributed by atoms with Crippen molar-refractivity contribution in [1.29, 1.82) is 0 Å². The minimum Gasteiger partial charge on any atom is -0.266 e. The molecular formula is C9H8N2O3S. The summed E-state index contributed by atoms with van der Waals surface area (Å²) >= 11 is 0. The molecule has 0 aromatic heterocycles. The third-order valence-corrected chi connectivity index (χ3v) is 4.24. The van der Waals surface area contributed by atoms with E-state index >= 15 is 0 Å². The highest BCUT2D eigenvalue weighted by Crippen LogP contribution is 2.33. The Morgan fingerprint density at radius 1 is 1.13 bits per heavy atom. The van der Waals surface area contributed by atoms with Gasteiger partial charge in [0, 0.05) is 13.1 Å². The maximum absolute atomic E-state index is 11.9.